The van der Waals surface area contributed by atoms with Crippen LogP contribution in [0.25, 0.3) is 10.1 Å². The van der Waals surface area contributed by atoms with Crippen molar-refractivity contribution >= 4 is 38.9 Å². The lowest BCUT2D eigenvalue weighted by atomic mass is 10.1. The molecule has 0 bridgehead atoms. The van der Waals surface area contributed by atoms with Crippen LogP contribution in [0.4, 0.5) is 0 Å². The molecule has 2 heterocycles. The smallest absolute Gasteiger partial charge is 0.259 e. The molecule has 0 aliphatic rings. The summed E-state index contributed by atoms with van der Waals surface area (Å²) in [5.74, 6) is 0.175. The summed E-state index contributed by atoms with van der Waals surface area (Å²) in [5.41, 5.74) is 4.43. The first-order valence-electron chi connectivity index (χ1n) is 9.27. The normalized spacial score (nSPS) is 11.2. The van der Waals surface area contributed by atoms with Gasteiger partial charge in [-0.05, 0) is 38.1 Å². The molecule has 30 heavy (non-hydrogen) atoms. The molecule has 3 rings (SSSR count). The Morgan fingerprint density at radius 1 is 1.23 bits per heavy atom. The van der Waals surface area contributed by atoms with Crippen molar-refractivity contribution < 1.29 is 19.1 Å². The molecular weight excluding hydrogens is 404 g/mol. The molecule has 156 valence electrons. The summed E-state index contributed by atoms with van der Waals surface area (Å²) in [7, 11) is 1.50. The zero-order valence-corrected chi connectivity index (χ0v) is 17.7. The summed E-state index contributed by atoms with van der Waals surface area (Å²) in [6.45, 7) is 3.95. The molecule has 0 spiro atoms. The van der Waals surface area contributed by atoms with Crippen molar-refractivity contribution in [3.63, 3.8) is 0 Å². The highest BCUT2D eigenvalue weighted by Crippen LogP contribution is 2.28. The van der Waals surface area contributed by atoms with Crippen molar-refractivity contribution in [3.8, 4) is 11.5 Å². The number of hydrogen-bond donors (Lipinski definition) is 2. The van der Waals surface area contributed by atoms with Crippen molar-refractivity contribution in [1.82, 2.24) is 15.7 Å². The minimum absolute atomic E-state index is 0.209. The Bertz CT molecular complexity index is 1090. The molecule has 0 atom stereocenters. The van der Waals surface area contributed by atoms with E-state index in [4.69, 9.17) is 9.47 Å². The number of ether oxygens (including phenoxy) is 2. The van der Waals surface area contributed by atoms with E-state index in [0.29, 0.717) is 29.4 Å². The van der Waals surface area contributed by atoms with E-state index in [-0.39, 0.29) is 6.54 Å². The number of carbonyl (C=O) groups is 2. The van der Waals surface area contributed by atoms with E-state index in [1.807, 2.05) is 25.3 Å². The Hall–Kier alpha value is -3.46. The SMILES string of the molecule is CCOc1ccc(C(=O)NCC(=O)NN=C(C)c2csc3cnccc23)cc1OC. The summed E-state index contributed by atoms with van der Waals surface area (Å²) in [5, 5.41) is 9.71. The fraction of sp³-hybridized carbons (Fsp3) is 0.238. The molecule has 0 saturated carbocycles. The van der Waals surface area contributed by atoms with Gasteiger partial charge >= 0.3 is 0 Å². The lowest BCUT2D eigenvalue weighted by Gasteiger charge is -2.11. The third-order valence-corrected chi connectivity index (χ3v) is 5.18. The number of carbonyl (C=O) groups excluding carboxylic acids is 2. The molecule has 2 aromatic heterocycles. The molecule has 0 radical (unpaired) electrons. The van der Waals surface area contributed by atoms with Crippen LogP contribution in [-0.2, 0) is 4.79 Å². The number of hydrogen-bond acceptors (Lipinski definition) is 7. The highest BCUT2D eigenvalue weighted by Gasteiger charge is 2.12. The molecule has 9 heteroatoms. The number of aromatic nitrogens is 1. The predicted molar refractivity (Wildman–Crippen MR) is 116 cm³/mol. The molecule has 1 aromatic carbocycles. The van der Waals surface area contributed by atoms with Crippen LogP contribution in [0.1, 0.15) is 29.8 Å². The van der Waals surface area contributed by atoms with E-state index in [9.17, 15) is 9.59 Å². The molecule has 0 aliphatic heterocycles. The Kier molecular flexibility index (Phi) is 6.97. The average molecular weight is 426 g/mol. The zero-order valence-electron chi connectivity index (χ0n) is 16.9. The number of thiophene rings is 1. The van der Waals surface area contributed by atoms with Crippen LogP contribution < -0.4 is 20.2 Å². The van der Waals surface area contributed by atoms with Crippen molar-refractivity contribution in [2.45, 2.75) is 13.8 Å². The Labute approximate surface area is 177 Å². The molecule has 0 saturated heterocycles. The number of rotatable bonds is 8. The first kappa shape index (κ1) is 21.3. The van der Waals surface area contributed by atoms with Gasteiger partial charge in [-0.25, -0.2) is 5.43 Å². The van der Waals surface area contributed by atoms with E-state index in [1.54, 1.807) is 41.9 Å². The van der Waals surface area contributed by atoms with Gasteiger partial charge in [0.25, 0.3) is 11.8 Å². The fourth-order valence-electron chi connectivity index (χ4n) is 2.75. The van der Waals surface area contributed by atoms with E-state index in [0.717, 1.165) is 15.6 Å². The van der Waals surface area contributed by atoms with Crippen molar-refractivity contribution in [2.24, 2.45) is 5.10 Å². The maximum absolute atomic E-state index is 12.3. The van der Waals surface area contributed by atoms with E-state index >= 15 is 0 Å². The lowest BCUT2D eigenvalue weighted by molar-refractivity contribution is -0.120. The average Bonchev–Trinajstić information content (AvgIpc) is 3.20. The Balaban J connectivity index is 1.57. The maximum atomic E-state index is 12.3. The van der Waals surface area contributed by atoms with Crippen LogP contribution in [0.3, 0.4) is 0 Å². The van der Waals surface area contributed by atoms with Gasteiger partial charge in [-0.2, -0.15) is 5.10 Å². The second kappa shape index (κ2) is 9.84. The maximum Gasteiger partial charge on any atom is 0.259 e. The Morgan fingerprint density at radius 3 is 2.83 bits per heavy atom. The third-order valence-electron chi connectivity index (χ3n) is 4.25. The molecule has 2 N–H and O–H groups in total. The standard InChI is InChI=1S/C21H22N4O4S/c1-4-29-17-6-5-14(9-18(17)28-3)21(27)23-11-20(26)25-24-13(2)16-12-30-19-10-22-8-7-15(16)19/h5-10,12H,4,11H2,1-3H3,(H,23,27)(H,25,26). The predicted octanol–water partition coefficient (Wildman–Crippen LogP) is 2.97. The van der Waals surface area contributed by atoms with Crippen LogP contribution in [0.5, 0.6) is 11.5 Å². The van der Waals surface area contributed by atoms with Crippen molar-refractivity contribution in [2.75, 3.05) is 20.3 Å². The van der Waals surface area contributed by atoms with E-state index in [1.165, 1.54) is 7.11 Å². The fourth-order valence-corrected chi connectivity index (χ4v) is 3.72. The van der Waals surface area contributed by atoms with E-state index < -0.39 is 11.8 Å². The second-order valence-electron chi connectivity index (χ2n) is 6.23. The zero-order chi connectivity index (χ0) is 21.5. The second-order valence-corrected chi connectivity index (χ2v) is 7.15. The summed E-state index contributed by atoms with van der Waals surface area (Å²) in [6.07, 6.45) is 3.51. The number of methoxy groups -OCH3 is 1. The van der Waals surface area contributed by atoms with Crippen molar-refractivity contribution in [1.29, 1.82) is 0 Å². The number of hydrazone groups is 1. The van der Waals surface area contributed by atoms with Gasteiger partial charge in [0.05, 0.1) is 30.7 Å². The number of nitrogens with one attached hydrogen (secondary N) is 2. The van der Waals surface area contributed by atoms with Crippen LogP contribution in [0.15, 0.2) is 47.1 Å². The minimum Gasteiger partial charge on any atom is -0.493 e. The molecule has 8 nitrogen and oxygen atoms in total. The van der Waals surface area contributed by atoms with E-state index in [2.05, 4.69) is 20.8 Å². The number of amides is 2. The first-order chi connectivity index (χ1) is 14.5. The summed E-state index contributed by atoms with van der Waals surface area (Å²) in [6, 6.07) is 6.75. The molecular formula is C21H22N4O4S. The third kappa shape index (κ3) is 4.93. The number of fused-ring (bicyclic) bond motifs is 1. The van der Waals surface area contributed by atoms with Gasteiger partial charge in [0.15, 0.2) is 11.5 Å². The van der Waals surface area contributed by atoms with Crippen LogP contribution >= 0.6 is 11.3 Å². The number of nitrogens with zero attached hydrogens (tertiary/aromatic N) is 2. The largest absolute Gasteiger partial charge is 0.493 e. The highest BCUT2D eigenvalue weighted by molar-refractivity contribution is 7.17. The van der Waals surface area contributed by atoms with Gasteiger partial charge in [-0.3, -0.25) is 14.6 Å². The van der Waals surface area contributed by atoms with Gasteiger partial charge < -0.3 is 14.8 Å². The summed E-state index contributed by atoms with van der Waals surface area (Å²) >= 11 is 1.56. The molecule has 0 aliphatic carbocycles. The van der Waals surface area contributed by atoms with Gasteiger partial charge in [-0.1, -0.05) is 0 Å². The quantitative estimate of drug-likeness (QED) is 0.426. The molecule has 0 fully saturated rings. The Morgan fingerprint density at radius 2 is 2.07 bits per heavy atom. The summed E-state index contributed by atoms with van der Waals surface area (Å²) in [4.78, 5) is 28.5. The monoisotopic (exact) mass is 426 g/mol. The number of pyridine rings is 1. The van der Waals surface area contributed by atoms with Crippen molar-refractivity contribution in [3.05, 3.63) is 53.2 Å². The number of benzene rings is 1. The van der Waals surface area contributed by atoms with Gasteiger partial charge in [0.1, 0.15) is 0 Å². The van der Waals surface area contributed by atoms with Crippen LogP contribution in [0.2, 0.25) is 0 Å². The highest BCUT2D eigenvalue weighted by atomic mass is 32.1. The van der Waals surface area contributed by atoms with Crippen LogP contribution in [-0.4, -0.2) is 42.8 Å². The molecule has 0 unspecified atom stereocenters. The van der Waals surface area contributed by atoms with Gasteiger partial charge in [0, 0.05) is 34.3 Å². The topological polar surface area (TPSA) is 102 Å². The first-order valence-corrected chi connectivity index (χ1v) is 10.1. The van der Waals surface area contributed by atoms with Crippen LogP contribution in [0, 0.1) is 0 Å². The summed E-state index contributed by atoms with van der Waals surface area (Å²) < 4.78 is 11.7. The lowest BCUT2D eigenvalue weighted by Crippen LogP contribution is -2.35. The van der Waals surface area contributed by atoms with Gasteiger partial charge in [-0.15, -0.1) is 11.3 Å². The minimum atomic E-state index is -0.429. The molecule has 3 aromatic rings. The van der Waals surface area contributed by atoms with Gasteiger partial charge in [0.2, 0.25) is 0 Å². The molecule has 2 amide bonds.